The Morgan fingerprint density at radius 2 is 1.89 bits per heavy atom. The van der Waals surface area contributed by atoms with E-state index in [0.29, 0.717) is 6.04 Å². The summed E-state index contributed by atoms with van der Waals surface area (Å²) in [6.45, 7) is 10.1. The first-order valence-electron chi connectivity index (χ1n) is 6.83. The van der Waals surface area contributed by atoms with E-state index in [-0.39, 0.29) is 18.6 Å². The van der Waals surface area contributed by atoms with Gasteiger partial charge in [-0.3, -0.25) is 4.74 Å². The molecule has 1 heterocycles. The number of halogens is 3. The maximum atomic E-state index is 11.8. The molecule has 1 aliphatic heterocycles. The normalized spacial score (nSPS) is 22.3. The summed E-state index contributed by atoms with van der Waals surface area (Å²) in [6.07, 6.45) is -3.42. The smallest absolute Gasteiger partial charge is 0.312 e. The molecule has 1 unspecified atom stereocenters. The largest absolute Gasteiger partial charge is 0.522 e. The zero-order valence-corrected chi connectivity index (χ0v) is 12.6. The molecule has 116 valence electrons. The summed E-state index contributed by atoms with van der Waals surface area (Å²) in [4.78, 5) is 1.87. The lowest BCUT2D eigenvalue weighted by Crippen LogP contribution is -2.43. The highest BCUT2D eigenvalue weighted by atomic mass is 19.4. The number of nitrogens with one attached hydrogen (secondary N) is 1. The lowest BCUT2D eigenvalue weighted by molar-refractivity contribution is -0.324. The van der Waals surface area contributed by atoms with Crippen LogP contribution in [-0.2, 0) is 4.74 Å². The number of likely N-dealkylation sites (N-methyl/N-ethyl adjacent to an activating group) is 1. The average molecular weight is 284 g/mol. The van der Waals surface area contributed by atoms with Crippen LogP contribution in [0.5, 0.6) is 0 Å². The number of hydrogen-bond donors (Lipinski definition) is 1. The molecule has 0 bridgehead atoms. The first kappa shape index (κ1) is 18.7. The summed E-state index contributed by atoms with van der Waals surface area (Å²) in [7, 11) is 1.82. The summed E-state index contributed by atoms with van der Waals surface area (Å²) in [6, 6.07) is 0.332. The summed E-state index contributed by atoms with van der Waals surface area (Å²) in [5, 5.41) is 3.38. The zero-order chi connectivity index (χ0) is 15.1. The monoisotopic (exact) mass is 284 g/mol. The Morgan fingerprint density at radius 1 is 1.32 bits per heavy atom. The lowest BCUT2D eigenvalue weighted by atomic mass is 9.85. The molecule has 1 aliphatic rings. The Hall–Kier alpha value is -0.330. The van der Waals surface area contributed by atoms with Gasteiger partial charge in [0, 0.05) is 19.1 Å². The minimum absolute atomic E-state index is 0.207. The van der Waals surface area contributed by atoms with E-state index in [1.807, 2.05) is 25.8 Å². The predicted octanol–water partition coefficient (Wildman–Crippen LogP) is 2.87. The van der Waals surface area contributed by atoms with Gasteiger partial charge in [0.1, 0.15) is 0 Å². The summed E-state index contributed by atoms with van der Waals surface area (Å²) < 4.78 is 39.1. The van der Waals surface area contributed by atoms with Gasteiger partial charge in [0.15, 0.2) is 0 Å². The molecule has 6 heteroatoms. The van der Waals surface area contributed by atoms with Gasteiger partial charge in [0.05, 0.1) is 6.61 Å². The Morgan fingerprint density at radius 3 is 2.32 bits per heavy atom. The Labute approximate surface area is 114 Å². The van der Waals surface area contributed by atoms with Crippen LogP contribution in [0.4, 0.5) is 13.2 Å². The van der Waals surface area contributed by atoms with Gasteiger partial charge in [-0.1, -0.05) is 27.7 Å². The van der Waals surface area contributed by atoms with E-state index in [1.54, 1.807) is 0 Å². The Kier molecular flexibility index (Phi) is 7.93. The molecule has 0 aromatic rings. The quantitative estimate of drug-likeness (QED) is 0.840. The minimum atomic E-state index is -4.52. The number of rotatable bonds is 5. The van der Waals surface area contributed by atoms with Crippen LogP contribution in [0.25, 0.3) is 0 Å². The second-order valence-electron chi connectivity index (χ2n) is 5.30. The standard InChI is InChI=1S/C11H21F3N2O.C2H6/c1-10(2)4-5-15-9(10)8-16(3)6-7-17-11(12,13)14;1-2/h9,15H,4-8H2,1-3H3;1-2H3. The molecule has 3 nitrogen and oxygen atoms in total. The number of alkyl halides is 3. The van der Waals surface area contributed by atoms with Crippen molar-refractivity contribution in [2.24, 2.45) is 5.41 Å². The average Bonchev–Trinajstić information content (AvgIpc) is 2.59. The van der Waals surface area contributed by atoms with E-state index in [0.717, 1.165) is 19.5 Å². The van der Waals surface area contributed by atoms with Crippen molar-refractivity contribution < 1.29 is 17.9 Å². The van der Waals surface area contributed by atoms with Crippen LogP contribution in [0, 0.1) is 5.41 Å². The van der Waals surface area contributed by atoms with Crippen molar-refractivity contribution in [3.8, 4) is 0 Å². The van der Waals surface area contributed by atoms with Crippen molar-refractivity contribution >= 4 is 0 Å². The molecular formula is C13H27F3N2O. The molecule has 1 atom stereocenters. The molecule has 0 saturated carbocycles. The molecule has 0 aromatic heterocycles. The fourth-order valence-corrected chi connectivity index (χ4v) is 2.05. The molecule has 1 saturated heterocycles. The topological polar surface area (TPSA) is 24.5 Å². The molecule has 0 amide bonds. The van der Waals surface area contributed by atoms with Crippen LogP contribution in [-0.4, -0.2) is 50.6 Å². The number of nitrogens with zero attached hydrogens (tertiary/aromatic N) is 1. The Bertz CT molecular complexity index is 245. The highest BCUT2D eigenvalue weighted by Gasteiger charge is 2.34. The molecule has 0 aromatic carbocycles. The van der Waals surface area contributed by atoms with E-state index in [2.05, 4.69) is 23.9 Å². The molecule has 0 aliphatic carbocycles. The van der Waals surface area contributed by atoms with E-state index < -0.39 is 6.36 Å². The fraction of sp³-hybridized carbons (Fsp3) is 1.00. The van der Waals surface area contributed by atoms with Crippen LogP contribution in [0.2, 0.25) is 0 Å². The highest BCUT2D eigenvalue weighted by molar-refractivity contribution is 4.92. The van der Waals surface area contributed by atoms with Crippen LogP contribution in [0.15, 0.2) is 0 Å². The van der Waals surface area contributed by atoms with E-state index in [4.69, 9.17) is 0 Å². The van der Waals surface area contributed by atoms with Crippen molar-refractivity contribution in [1.29, 1.82) is 0 Å². The van der Waals surface area contributed by atoms with E-state index in [9.17, 15) is 13.2 Å². The molecule has 0 spiro atoms. The molecular weight excluding hydrogens is 257 g/mol. The number of ether oxygens (including phenoxy) is 1. The second kappa shape index (κ2) is 8.07. The van der Waals surface area contributed by atoms with Crippen molar-refractivity contribution in [1.82, 2.24) is 10.2 Å². The van der Waals surface area contributed by atoms with Crippen molar-refractivity contribution in [2.75, 3.05) is 33.3 Å². The van der Waals surface area contributed by atoms with Crippen molar-refractivity contribution in [3.05, 3.63) is 0 Å². The lowest BCUT2D eigenvalue weighted by Gasteiger charge is -2.30. The van der Waals surface area contributed by atoms with Gasteiger partial charge in [-0.2, -0.15) is 0 Å². The van der Waals surface area contributed by atoms with Crippen molar-refractivity contribution in [2.45, 2.75) is 46.5 Å². The van der Waals surface area contributed by atoms with Gasteiger partial charge < -0.3 is 10.2 Å². The SMILES string of the molecule is CC.CN(CCOC(F)(F)F)CC1NCCC1(C)C. The molecule has 1 rings (SSSR count). The third kappa shape index (κ3) is 7.74. The first-order chi connectivity index (χ1) is 8.71. The zero-order valence-electron chi connectivity index (χ0n) is 12.6. The third-order valence-electron chi connectivity index (χ3n) is 3.34. The fourth-order valence-electron chi connectivity index (χ4n) is 2.05. The maximum absolute atomic E-state index is 11.8. The van der Waals surface area contributed by atoms with Gasteiger partial charge in [0.25, 0.3) is 0 Å². The molecule has 1 fully saturated rings. The van der Waals surface area contributed by atoms with Gasteiger partial charge in [-0.25, -0.2) is 0 Å². The predicted molar refractivity (Wildman–Crippen MR) is 71.0 cm³/mol. The van der Waals surface area contributed by atoms with E-state index >= 15 is 0 Å². The summed E-state index contributed by atoms with van der Waals surface area (Å²) >= 11 is 0. The molecule has 1 N–H and O–H groups in total. The van der Waals surface area contributed by atoms with Gasteiger partial charge in [-0.15, -0.1) is 13.2 Å². The Balaban J connectivity index is 0.00000154. The van der Waals surface area contributed by atoms with Crippen LogP contribution in [0.3, 0.4) is 0 Å². The van der Waals surface area contributed by atoms with Crippen molar-refractivity contribution in [3.63, 3.8) is 0 Å². The minimum Gasteiger partial charge on any atom is -0.312 e. The first-order valence-corrected chi connectivity index (χ1v) is 6.83. The second-order valence-corrected chi connectivity index (χ2v) is 5.30. The van der Waals surface area contributed by atoms with Crippen LogP contribution in [0.1, 0.15) is 34.1 Å². The van der Waals surface area contributed by atoms with Gasteiger partial charge in [0.2, 0.25) is 0 Å². The summed E-state index contributed by atoms with van der Waals surface area (Å²) in [5.74, 6) is 0. The van der Waals surface area contributed by atoms with Crippen LogP contribution >= 0.6 is 0 Å². The van der Waals surface area contributed by atoms with Gasteiger partial charge in [-0.05, 0) is 25.4 Å². The molecule has 0 radical (unpaired) electrons. The summed E-state index contributed by atoms with van der Waals surface area (Å²) in [5.41, 5.74) is 0.207. The number of hydrogen-bond acceptors (Lipinski definition) is 3. The molecule has 19 heavy (non-hydrogen) atoms. The van der Waals surface area contributed by atoms with E-state index in [1.165, 1.54) is 0 Å². The highest BCUT2D eigenvalue weighted by Crippen LogP contribution is 2.29. The van der Waals surface area contributed by atoms with Gasteiger partial charge >= 0.3 is 6.36 Å². The maximum Gasteiger partial charge on any atom is 0.522 e. The third-order valence-corrected chi connectivity index (χ3v) is 3.34. The van der Waals surface area contributed by atoms with Crippen LogP contribution < -0.4 is 5.32 Å².